The van der Waals surface area contributed by atoms with Crippen LogP contribution in [0.1, 0.15) is 68.9 Å². The molecule has 6 aliphatic rings. The molecule has 2 aromatic carbocycles. The van der Waals surface area contributed by atoms with Crippen molar-refractivity contribution in [3.63, 3.8) is 0 Å². The maximum absolute atomic E-state index is 14.5. The van der Waals surface area contributed by atoms with Crippen LogP contribution in [0.25, 0.3) is 0 Å². The first-order chi connectivity index (χ1) is 26.3. The van der Waals surface area contributed by atoms with Crippen LogP contribution in [-0.4, -0.2) is 98.4 Å². The zero-order chi connectivity index (χ0) is 38.5. The van der Waals surface area contributed by atoms with Gasteiger partial charge in [-0.15, -0.1) is 0 Å². The number of fused-ring (bicyclic) bond motifs is 4. The van der Waals surface area contributed by atoms with Gasteiger partial charge in [0.05, 0.1) is 16.7 Å². The van der Waals surface area contributed by atoms with Gasteiger partial charge in [0.25, 0.3) is 0 Å². The lowest BCUT2D eigenvalue weighted by atomic mass is 10.1. The number of sulfone groups is 1. The van der Waals surface area contributed by atoms with Crippen molar-refractivity contribution in [3.8, 4) is 11.5 Å². The number of hydrogen-bond acceptors (Lipinski definition) is 11. The highest BCUT2D eigenvalue weighted by molar-refractivity contribution is 7.93. The van der Waals surface area contributed by atoms with Crippen LogP contribution in [0.15, 0.2) is 59.5 Å². The van der Waals surface area contributed by atoms with E-state index < -0.39 is 84.2 Å². The summed E-state index contributed by atoms with van der Waals surface area (Å²) in [4.78, 5) is 58.9. The Morgan fingerprint density at radius 2 is 1.65 bits per heavy atom. The molecule has 0 bridgehead atoms. The molecule has 0 radical (unpaired) electrons. The van der Waals surface area contributed by atoms with E-state index in [-0.39, 0.29) is 50.6 Å². The quantitative estimate of drug-likeness (QED) is 0.373. The Labute approximate surface area is 319 Å². The molecule has 17 heteroatoms. The van der Waals surface area contributed by atoms with Crippen LogP contribution in [0.5, 0.6) is 11.5 Å². The molecule has 4 heterocycles. The van der Waals surface area contributed by atoms with E-state index in [1.807, 2.05) is 24.3 Å². The van der Waals surface area contributed by atoms with E-state index in [1.54, 1.807) is 18.2 Å². The number of carbonyl (C=O) groups excluding carboxylic acids is 4. The topological polar surface area (TPSA) is 195 Å². The molecule has 1 saturated heterocycles. The Morgan fingerprint density at radius 3 is 2.35 bits per heavy atom. The fraction of sp³-hybridized carbons (Fsp3) is 0.526. The Kier molecular flexibility index (Phi) is 9.90. The molecule has 8 rings (SSSR count). The van der Waals surface area contributed by atoms with Crippen LogP contribution in [0.4, 0.5) is 4.79 Å². The molecule has 4 aliphatic heterocycles. The first kappa shape index (κ1) is 37.4. The first-order valence-corrected chi connectivity index (χ1v) is 22.0. The summed E-state index contributed by atoms with van der Waals surface area (Å²) in [7, 11) is -7.84. The van der Waals surface area contributed by atoms with Crippen molar-refractivity contribution < 1.29 is 50.2 Å². The second kappa shape index (κ2) is 14.5. The number of Topliss-reactive ketones (excluding diaryl/α,β-unsaturated/α-hetero) is 1. The summed E-state index contributed by atoms with van der Waals surface area (Å²) < 4.78 is 72.3. The number of sulfonamides is 1. The second-order valence-corrected chi connectivity index (χ2v) is 19.3. The smallest absolute Gasteiger partial charge is 0.410 e. The normalized spacial score (nSPS) is 28.6. The third kappa shape index (κ3) is 7.70. The van der Waals surface area contributed by atoms with Gasteiger partial charge in [-0.05, 0) is 73.9 Å². The van der Waals surface area contributed by atoms with Gasteiger partial charge >= 0.3 is 6.09 Å². The van der Waals surface area contributed by atoms with Gasteiger partial charge in [-0.1, -0.05) is 43.2 Å². The van der Waals surface area contributed by atoms with E-state index >= 15 is 0 Å². The molecule has 0 aromatic heterocycles. The van der Waals surface area contributed by atoms with Crippen LogP contribution < -0.4 is 19.5 Å². The van der Waals surface area contributed by atoms with Crippen molar-refractivity contribution in [2.45, 2.75) is 105 Å². The summed E-state index contributed by atoms with van der Waals surface area (Å²) in [6, 6.07) is 8.82. The Hall–Kier alpha value is -4.48. The maximum Gasteiger partial charge on any atom is 0.410 e. The highest BCUT2D eigenvalue weighted by Gasteiger charge is 2.61. The molecule has 3 fully saturated rings. The number of hydrogen-bond donors (Lipinski definition) is 2. The van der Waals surface area contributed by atoms with Crippen molar-refractivity contribution in [2.24, 2.45) is 5.92 Å². The van der Waals surface area contributed by atoms with Crippen molar-refractivity contribution in [1.82, 2.24) is 19.8 Å². The number of carbonyl (C=O) groups is 4. The molecule has 2 aliphatic carbocycles. The molecule has 5 atom stereocenters. The van der Waals surface area contributed by atoms with E-state index in [1.165, 1.54) is 21.9 Å². The van der Waals surface area contributed by atoms with Crippen molar-refractivity contribution in [3.05, 3.63) is 65.7 Å². The minimum Gasteiger partial charge on any atom is -0.454 e. The van der Waals surface area contributed by atoms with E-state index in [9.17, 15) is 36.0 Å². The van der Waals surface area contributed by atoms with Gasteiger partial charge in [-0.25, -0.2) is 21.6 Å². The third-order valence-corrected chi connectivity index (χ3v) is 15.0. The van der Waals surface area contributed by atoms with Crippen LogP contribution in [0, 0.1) is 5.92 Å². The SMILES string of the molecule is O=C1N[C@]2(C(=O)CS(=O)(=O)C3CC3)C[C@H]2/C=C\CCCCC[C@H](NS(=O)(=O)c2ccccc2)C(=O)N2C[C@H](OC(=O)N3Cc4cc5c(cc4C3)OCO5)C[C@@H]12. The molecule has 2 N–H and O–H groups in total. The molecule has 55 heavy (non-hydrogen) atoms. The van der Waals surface area contributed by atoms with Crippen LogP contribution >= 0.6 is 0 Å². The van der Waals surface area contributed by atoms with Gasteiger partial charge in [-0.2, -0.15) is 4.72 Å². The molecule has 294 valence electrons. The standard InChI is InChI=1S/C38H44N4O11S2/c43-34(22-54(47,48)28-13-14-28)38-18-26(38)9-5-2-1-3-8-12-30(40-55(49,50)29-10-6-4-7-11-29)36(45)42-21-27(17-31(42)35(44)39-38)53-37(46)41-19-24-15-32-33(52-23-51-32)16-25(24)20-41/h4-7,9-11,15-16,26-28,30-31,40H,1-3,8,12-14,17-23H2,(H,39,44)/b9-5-/t26-,27-,30+,31+,38-/m1/s1. The van der Waals surface area contributed by atoms with E-state index in [0.29, 0.717) is 43.6 Å². The highest BCUT2D eigenvalue weighted by atomic mass is 32.2. The van der Waals surface area contributed by atoms with Crippen LogP contribution in [-0.2, 0) is 52.1 Å². The predicted molar refractivity (Wildman–Crippen MR) is 196 cm³/mol. The average molecular weight is 797 g/mol. The lowest BCUT2D eigenvalue weighted by molar-refractivity contribution is -0.140. The van der Waals surface area contributed by atoms with Gasteiger partial charge in [0.1, 0.15) is 29.5 Å². The third-order valence-electron chi connectivity index (χ3n) is 11.4. The van der Waals surface area contributed by atoms with E-state index in [2.05, 4.69) is 10.0 Å². The summed E-state index contributed by atoms with van der Waals surface area (Å²) in [5, 5.41) is 2.29. The van der Waals surface area contributed by atoms with Gasteiger partial charge in [0.15, 0.2) is 27.1 Å². The van der Waals surface area contributed by atoms with Crippen molar-refractivity contribution >= 4 is 43.6 Å². The van der Waals surface area contributed by atoms with E-state index in [4.69, 9.17) is 14.2 Å². The van der Waals surface area contributed by atoms with Crippen LogP contribution in [0.3, 0.4) is 0 Å². The predicted octanol–water partition coefficient (Wildman–Crippen LogP) is 2.73. The summed E-state index contributed by atoms with van der Waals surface area (Å²) >= 11 is 0. The Bertz CT molecular complexity index is 2110. The monoisotopic (exact) mass is 796 g/mol. The van der Waals surface area contributed by atoms with Crippen molar-refractivity contribution in [2.75, 3.05) is 19.1 Å². The van der Waals surface area contributed by atoms with Crippen molar-refractivity contribution in [1.29, 1.82) is 0 Å². The lowest BCUT2D eigenvalue weighted by Crippen LogP contribution is -2.56. The molecule has 0 unspecified atom stereocenters. The summed E-state index contributed by atoms with van der Waals surface area (Å²) in [6.45, 7) is 0.410. The Morgan fingerprint density at radius 1 is 0.945 bits per heavy atom. The largest absolute Gasteiger partial charge is 0.454 e. The van der Waals surface area contributed by atoms with Gasteiger partial charge in [0.2, 0.25) is 28.6 Å². The fourth-order valence-corrected chi connectivity index (χ4v) is 11.0. The Balaban J connectivity index is 1.06. The first-order valence-electron chi connectivity index (χ1n) is 18.8. The molecule has 0 spiro atoms. The minimum atomic E-state index is -4.16. The number of amides is 3. The molecule has 2 aromatic rings. The highest BCUT2D eigenvalue weighted by Crippen LogP contribution is 2.47. The fourth-order valence-electron chi connectivity index (χ4n) is 8.06. The molecular weight excluding hydrogens is 753 g/mol. The maximum atomic E-state index is 14.5. The minimum absolute atomic E-state index is 0.0253. The van der Waals surface area contributed by atoms with E-state index in [0.717, 1.165) is 17.5 Å². The number of ketones is 1. The summed E-state index contributed by atoms with van der Waals surface area (Å²) in [5.41, 5.74) is 0.271. The number of benzene rings is 2. The lowest BCUT2D eigenvalue weighted by Gasteiger charge is -2.29. The number of rotatable bonds is 8. The zero-order valence-electron chi connectivity index (χ0n) is 30.2. The van der Waals surface area contributed by atoms with Crippen LogP contribution in [0.2, 0.25) is 0 Å². The summed E-state index contributed by atoms with van der Waals surface area (Å²) in [6.07, 6.45) is 5.96. The molecule has 15 nitrogen and oxygen atoms in total. The van der Waals surface area contributed by atoms with Gasteiger partial charge in [-0.3, -0.25) is 19.3 Å². The molecule has 3 amide bonds. The molecular formula is C38H44N4O11S2. The van der Waals surface area contributed by atoms with Gasteiger partial charge in [0, 0.05) is 25.4 Å². The van der Waals surface area contributed by atoms with Gasteiger partial charge < -0.3 is 24.4 Å². The zero-order valence-corrected chi connectivity index (χ0v) is 31.8. The second-order valence-electron chi connectivity index (χ2n) is 15.3. The number of ether oxygens (including phenoxy) is 3. The summed E-state index contributed by atoms with van der Waals surface area (Å²) in [5.74, 6) is -1.92. The number of nitrogens with one attached hydrogen (secondary N) is 2. The average Bonchev–Trinajstić information content (AvgIpc) is 3.97. The molecule has 2 saturated carbocycles. The number of allylic oxidation sites excluding steroid dienone is 1. The number of nitrogens with zero attached hydrogens (tertiary/aromatic N) is 2.